The molecule has 0 spiro atoms. The standard InChI is InChI=1S/C29H21F2N3O2/c30-21-9-10-22(20(14-21)15-32)27(18-2-1-3-18)28(19-7-4-17(5-8-19)6-13-26(35)36)23-11-12-25-24(29(23)31)16-33-34-25/h4-14,16,18H,1-3H2,(H,33,34)(H,35,36)/b13-6+,28-27+. The minimum absolute atomic E-state index is 0.0728. The lowest BCUT2D eigenvalue weighted by molar-refractivity contribution is -0.131. The molecule has 1 aliphatic rings. The number of carboxylic acids is 1. The number of halogens is 2. The zero-order valence-electron chi connectivity index (χ0n) is 19.1. The topological polar surface area (TPSA) is 89.8 Å². The van der Waals surface area contributed by atoms with E-state index in [0.717, 1.165) is 30.9 Å². The number of allylic oxidation sites excluding steroid dienone is 1. The lowest BCUT2D eigenvalue weighted by atomic mass is 9.72. The Morgan fingerprint density at radius 1 is 1.08 bits per heavy atom. The van der Waals surface area contributed by atoms with Gasteiger partial charge in [0.15, 0.2) is 0 Å². The Morgan fingerprint density at radius 2 is 1.83 bits per heavy atom. The van der Waals surface area contributed by atoms with Gasteiger partial charge in [0.1, 0.15) is 11.6 Å². The fourth-order valence-electron chi connectivity index (χ4n) is 4.66. The number of fused-ring (bicyclic) bond motifs is 1. The highest BCUT2D eigenvalue weighted by Crippen LogP contribution is 2.46. The minimum atomic E-state index is -1.05. The van der Waals surface area contributed by atoms with Gasteiger partial charge in [-0.05, 0) is 76.9 Å². The van der Waals surface area contributed by atoms with Gasteiger partial charge in [0.05, 0.1) is 28.7 Å². The summed E-state index contributed by atoms with van der Waals surface area (Å²) >= 11 is 0. The molecule has 2 N–H and O–H groups in total. The summed E-state index contributed by atoms with van der Waals surface area (Å²) in [6.45, 7) is 0. The van der Waals surface area contributed by atoms with Gasteiger partial charge in [0.25, 0.3) is 0 Å². The second-order valence-corrected chi connectivity index (χ2v) is 8.77. The maximum atomic E-state index is 15.9. The van der Waals surface area contributed by atoms with Crippen LogP contribution in [0.3, 0.4) is 0 Å². The average Bonchev–Trinajstić information content (AvgIpc) is 3.33. The first-order valence-corrected chi connectivity index (χ1v) is 11.5. The summed E-state index contributed by atoms with van der Waals surface area (Å²) in [5, 5.41) is 25.8. The van der Waals surface area contributed by atoms with Crippen molar-refractivity contribution in [2.24, 2.45) is 5.92 Å². The van der Waals surface area contributed by atoms with Crippen molar-refractivity contribution in [3.8, 4) is 6.07 Å². The van der Waals surface area contributed by atoms with Gasteiger partial charge in [0.2, 0.25) is 0 Å². The predicted octanol–water partition coefficient (Wildman–Crippen LogP) is 6.57. The molecule has 7 heteroatoms. The number of aromatic amines is 1. The monoisotopic (exact) mass is 481 g/mol. The van der Waals surface area contributed by atoms with Gasteiger partial charge in [-0.1, -0.05) is 36.8 Å². The molecule has 0 amide bonds. The van der Waals surface area contributed by atoms with Crippen LogP contribution in [0.2, 0.25) is 0 Å². The zero-order valence-corrected chi connectivity index (χ0v) is 19.1. The van der Waals surface area contributed by atoms with Crippen molar-refractivity contribution < 1.29 is 18.7 Å². The lowest BCUT2D eigenvalue weighted by Gasteiger charge is -2.32. The molecule has 0 aliphatic heterocycles. The molecule has 0 bridgehead atoms. The molecule has 1 aromatic heterocycles. The summed E-state index contributed by atoms with van der Waals surface area (Å²) < 4.78 is 30.0. The number of benzene rings is 3. The second-order valence-electron chi connectivity index (χ2n) is 8.77. The van der Waals surface area contributed by atoms with Gasteiger partial charge in [-0.2, -0.15) is 10.4 Å². The van der Waals surface area contributed by atoms with Crippen molar-refractivity contribution in [3.63, 3.8) is 0 Å². The Labute approximate surface area is 206 Å². The van der Waals surface area contributed by atoms with E-state index in [-0.39, 0.29) is 11.5 Å². The van der Waals surface area contributed by atoms with E-state index >= 15 is 4.39 Å². The number of aliphatic carboxylic acids is 1. The number of carbonyl (C=O) groups is 1. The highest BCUT2D eigenvalue weighted by atomic mass is 19.1. The van der Waals surface area contributed by atoms with Crippen molar-refractivity contribution in [2.75, 3.05) is 0 Å². The van der Waals surface area contributed by atoms with Gasteiger partial charge in [-0.15, -0.1) is 0 Å². The molecule has 178 valence electrons. The Hall–Kier alpha value is -4.57. The Morgan fingerprint density at radius 3 is 2.50 bits per heavy atom. The van der Waals surface area contributed by atoms with Crippen molar-refractivity contribution in [2.45, 2.75) is 19.3 Å². The van der Waals surface area contributed by atoms with E-state index in [1.165, 1.54) is 24.4 Å². The molecule has 0 radical (unpaired) electrons. The van der Waals surface area contributed by atoms with E-state index in [4.69, 9.17) is 5.11 Å². The number of carboxylic acid groups (broad SMARTS) is 1. The first-order chi connectivity index (χ1) is 17.5. The number of nitriles is 1. The van der Waals surface area contributed by atoms with E-state index in [1.807, 2.05) is 12.1 Å². The summed E-state index contributed by atoms with van der Waals surface area (Å²) in [5.41, 5.74) is 4.50. The smallest absolute Gasteiger partial charge is 0.328 e. The fourth-order valence-corrected chi connectivity index (χ4v) is 4.66. The molecule has 5 rings (SSSR count). The van der Waals surface area contributed by atoms with Crippen LogP contribution in [0.15, 0.2) is 66.9 Å². The molecule has 36 heavy (non-hydrogen) atoms. The lowest BCUT2D eigenvalue weighted by Crippen LogP contribution is -2.16. The van der Waals surface area contributed by atoms with Gasteiger partial charge < -0.3 is 5.11 Å². The van der Waals surface area contributed by atoms with Crippen LogP contribution in [-0.4, -0.2) is 21.3 Å². The zero-order chi connectivity index (χ0) is 25.2. The third kappa shape index (κ3) is 4.29. The number of hydrogen-bond donors (Lipinski definition) is 2. The van der Waals surface area contributed by atoms with Gasteiger partial charge >= 0.3 is 5.97 Å². The quantitative estimate of drug-likeness (QED) is 0.241. The molecule has 1 heterocycles. The Kier molecular flexibility index (Phi) is 6.17. The Balaban J connectivity index is 1.81. The summed E-state index contributed by atoms with van der Waals surface area (Å²) in [6, 6.07) is 16.8. The van der Waals surface area contributed by atoms with Gasteiger partial charge in [-0.25, -0.2) is 13.6 Å². The molecule has 1 saturated carbocycles. The summed E-state index contributed by atoms with van der Waals surface area (Å²) in [6.07, 6.45) is 6.72. The van der Waals surface area contributed by atoms with Crippen molar-refractivity contribution in [1.82, 2.24) is 10.2 Å². The van der Waals surface area contributed by atoms with Gasteiger partial charge in [-0.3, -0.25) is 5.10 Å². The molecule has 0 unspecified atom stereocenters. The predicted molar refractivity (Wildman–Crippen MR) is 134 cm³/mol. The van der Waals surface area contributed by atoms with Crippen LogP contribution in [0.1, 0.15) is 47.1 Å². The minimum Gasteiger partial charge on any atom is -0.478 e. The number of H-pyrrole nitrogens is 1. The number of hydrogen-bond acceptors (Lipinski definition) is 3. The third-order valence-corrected chi connectivity index (χ3v) is 6.62. The summed E-state index contributed by atoms with van der Waals surface area (Å²) in [7, 11) is 0. The number of rotatable bonds is 6. The van der Waals surface area contributed by atoms with E-state index in [1.54, 1.807) is 30.3 Å². The van der Waals surface area contributed by atoms with E-state index < -0.39 is 17.6 Å². The van der Waals surface area contributed by atoms with Crippen LogP contribution in [0, 0.1) is 28.9 Å². The average molecular weight is 482 g/mol. The number of nitrogens with one attached hydrogen (secondary N) is 1. The second kappa shape index (κ2) is 9.59. The van der Waals surface area contributed by atoms with Crippen molar-refractivity contribution in [1.29, 1.82) is 5.26 Å². The number of aromatic nitrogens is 2. The van der Waals surface area contributed by atoms with Crippen LogP contribution in [-0.2, 0) is 4.79 Å². The highest BCUT2D eigenvalue weighted by molar-refractivity contribution is 6.02. The fraction of sp³-hybridized carbons (Fsp3) is 0.138. The van der Waals surface area contributed by atoms with Crippen LogP contribution in [0.25, 0.3) is 28.1 Å². The molecular weight excluding hydrogens is 460 g/mol. The largest absolute Gasteiger partial charge is 0.478 e. The van der Waals surface area contributed by atoms with Crippen LogP contribution >= 0.6 is 0 Å². The SMILES string of the molecule is N#Cc1cc(F)ccc1/C(=C(\c1ccc(/C=C/C(=O)O)cc1)c1ccc2[nH]ncc2c1F)C1CCC1. The molecule has 3 aromatic carbocycles. The first-order valence-electron chi connectivity index (χ1n) is 11.5. The molecule has 4 aromatic rings. The van der Waals surface area contributed by atoms with Crippen LogP contribution in [0.5, 0.6) is 0 Å². The third-order valence-electron chi connectivity index (χ3n) is 6.62. The molecule has 1 aliphatic carbocycles. The maximum absolute atomic E-state index is 15.9. The van der Waals surface area contributed by atoms with E-state index in [2.05, 4.69) is 16.3 Å². The van der Waals surface area contributed by atoms with E-state index in [9.17, 15) is 14.4 Å². The summed E-state index contributed by atoms with van der Waals surface area (Å²) in [5.74, 6) is -1.93. The van der Waals surface area contributed by atoms with Crippen LogP contribution < -0.4 is 0 Å². The molecule has 0 saturated heterocycles. The molecule has 1 fully saturated rings. The van der Waals surface area contributed by atoms with Crippen molar-refractivity contribution >= 4 is 34.1 Å². The highest BCUT2D eigenvalue weighted by Gasteiger charge is 2.30. The normalized spacial score (nSPS) is 14.5. The maximum Gasteiger partial charge on any atom is 0.328 e. The van der Waals surface area contributed by atoms with Crippen molar-refractivity contribution in [3.05, 3.63) is 106 Å². The van der Waals surface area contributed by atoms with Crippen LogP contribution in [0.4, 0.5) is 8.78 Å². The number of nitrogens with zero attached hydrogens (tertiary/aromatic N) is 2. The molecule has 5 nitrogen and oxygen atoms in total. The molecule has 0 atom stereocenters. The molecular formula is C29H21F2N3O2. The van der Waals surface area contributed by atoms with Gasteiger partial charge in [0, 0.05) is 11.6 Å². The Bertz CT molecular complexity index is 1570. The van der Waals surface area contributed by atoms with E-state index in [0.29, 0.717) is 38.7 Å². The first kappa shape index (κ1) is 23.2. The summed E-state index contributed by atoms with van der Waals surface area (Å²) in [4.78, 5) is 10.9.